The van der Waals surface area contributed by atoms with E-state index in [1.165, 1.54) is 83.1 Å². The second-order valence-corrected chi connectivity index (χ2v) is 5.74. The third-order valence-corrected chi connectivity index (χ3v) is 3.69. The zero-order chi connectivity index (χ0) is 15.4. The van der Waals surface area contributed by atoms with Crippen LogP contribution in [0.5, 0.6) is 0 Å². The summed E-state index contributed by atoms with van der Waals surface area (Å²) >= 11 is 0. The van der Waals surface area contributed by atoms with Gasteiger partial charge in [-0.15, -0.1) is 0 Å². The third-order valence-electron chi connectivity index (χ3n) is 3.69. The van der Waals surface area contributed by atoms with Gasteiger partial charge in [-0.2, -0.15) is 0 Å². The molecule has 0 radical (unpaired) electrons. The fourth-order valence-corrected chi connectivity index (χ4v) is 2.37. The van der Waals surface area contributed by atoms with Crippen LogP contribution in [0.3, 0.4) is 0 Å². The van der Waals surface area contributed by atoms with Crippen LogP contribution in [0.15, 0.2) is 30.4 Å². The summed E-state index contributed by atoms with van der Waals surface area (Å²) < 4.78 is 0. The molecule has 0 aliphatic heterocycles. The lowest BCUT2D eigenvalue weighted by molar-refractivity contribution is 0.550. The topological polar surface area (TPSA) is 17.1 Å². The van der Waals surface area contributed by atoms with E-state index in [9.17, 15) is 4.79 Å². The Morgan fingerprint density at radius 2 is 1.24 bits per heavy atom. The van der Waals surface area contributed by atoms with Gasteiger partial charge >= 0.3 is 0 Å². The van der Waals surface area contributed by atoms with E-state index in [4.69, 9.17) is 0 Å². The second kappa shape index (κ2) is 18.9. The summed E-state index contributed by atoms with van der Waals surface area (Å²) in [5.41, 5.74) is 0. The Labute approximate surface area is 132 Å². The smallest absolute Gasteiger partial charge is 0.120 e. The van der Waals surface area contributed by atoms with Crippen molar-refractivity contribution in [3.63, 3.8) is 0 Å². The SMILES string of the molecule is CCCCCCCCCCCCC/C=C/C=C/CC=C=O. The fraction of sp³-hybridized carbons (Fsp3) is 0.700. The van der Waals surface area contributed by atoms with Crippen molar-refractivity contribution in [1.82, 2.24) is 0 Å². The van der Waals surface area contributed by atoms with E-state index in [1.54, 1.807) is 5.94 Å². The third kappa shape index (κ3) is 18.9. The van der Waals surface area contributed by atoms with E-state index in [0.717, 1.165) is 0 Å². The van der Waals surface area contributed by atoms with Gasteiger partial charge in [-0.25, -0.2) is 4.79 Å². The van der Waals surface area contributed by atoms with E-state index >= 15 is 0 Å². The number of carbonyl (C=O) groups excluding carboxylic acids is 1. The summed E-state index contributed by atoms with van der Waals surface area (Å²) in [5.74, 6) is 1.77. The van der Waals surface area contributed by atoms with Crippen molar-refractivity contribution >= 4 is 5.94 Å². The van der Waals surface area contributed by atoms with Crippen LogP contribution >= 0.6 is 0 Å². The largest absolute Gasteiger partial charge is 0.234 e. The van der Waals surface area contributed by atoms with Crippen LogP contribution in [0.25, 0.3) is 0 Å². The van der Waals surface area contributed by atoms with Gasteiger partial charge in [-0.1, -0.05) is 95.4 Å². The number of allylic oxidation sites excluding steroid dienone is 5. The van der Waals surface area contributed by atoms with Gasteiger partial charge in [0.15, 0.2) is 0 Å². The summed E-state index contributed by atoms with van der Waals surface area (Å²) in [4.78, 5) is 9.93. The van der Waals surface area contributed by atoms with E-state index < -0.39 is 0 Å². The first-order chi connectivity index (χ1) is 10.4. The fourth-order valence-electron chi connectivity index (χ4n) is 2.37. The lowest BCUT2D eigenvalue weighted by atomic mass is 10.1. The zero-order valence-corrected chi connectivity index (χ0v) is 14.0. The van der Waals surface area contributed by atoms with Gasteiger partial charge in [0.25, 0.3) is 0 Å². The predicted octanol–water partition coefficient (Wildman–Crippen LogP) is 6.58. The van der Waals surface area contributed by atoms with Gasteiger partial charge in [-0.3, -0.25) is 0 Å². The van der Waals surface area contributed by atoms with Crippen LogP contribution in [0, 0.1) is 0 Å². The second-order valence-electron chi connectivity index (χ2n) is 5.74. The van der Waals surface area contributed by atoms with Crippen LogP contribution in [0.4, 0.5) is 0 Å². The molecule has 0 aromatic rings. The molecule has 0 rings (SSSR count). The molecule has 0 N–H and O–H groups in total. The van der Waals surface area contributed by atoms with Gasteiger partial charge in [0.2, 0.25) is 0 Å². The van der Waals surface area contributed by atoms with Crippen LogP contribution in [-0.4, -0.2) is 5.94 Å². The molecular weight excluding hydrogens is 256 g/mol. The van der Waals surface area contributed by atoms with Crippen molar-refractivity contribution in [3.05, 3.63) is 30.4 Å². The molecule has 0 bridgehead atoms. The quantitative estimate of drug-likeness (QED) is 0.189. The molecule has 0 unspecified atom stereocenters. The molecule has 0 aliphatic rings. The van der Waals surface area contributed by atoms with E-state index in [2.05, 4.69) is 19.1 Å². The monoisotopic (exact) mass is 290 g/mol. The Hall–Kier alpha value is -1.07. The Kier molecular flexibility index (Phi) is 18.0. The van der Waals surface area contributed by atoms with Gasteiger partial charge in [-0.05, 0) is 19.3 Å². The number of rotatable bonds is 15. The molecule has 0 saturated heterocycles. The van der Waals surface area contributed by atoms with Crippen molar-refractivity contribution in [2.75, 3.05) is 0 Å². The first-order valence-corrected chi connectivity index (χ1v) is 8.92. The highest BCUT2D eigenvalue weighted by molar-refractivity contribution is 5.45. The molecule has 1 heteroatoms. The van der Waals surface area contributed by atoms with Crippen molar-refractivity contribution in [1.29, 1.82) is 0 Å². The molecule has 0 spiro atoms. The number of hydrogen-bond acceptors (Lipinski definition) is 1. The van der Waals surface area contributed by atoms with Gasteiger partial charge in [0.1, 0.15) is 5.94 Å². The molecular formula is C20H34O. The molecule has 120 valence electrons. The maximum atomic E-state index is 9.93. The minimum absolute atomic E-state index is 0.687. The highest BCUT2D eigenvalue weighted by atomic mass is 16.1. The lowest BCUT2D eigenvalue weighted by Crippen LogP contribution is -1.81. The molecule has 0 atom stereocenters. The minimum Gasteiger partial charge on any atom is -0.234 e. The molecule has 0 amide bonds. The molecule has 0 aromatic heterocycles. The Morgan fingerprint density at radius 3 is 1.81 bits per heavy atom. The summed E-state index contributed by atoms with van der Waals surface area (Å²) in [6.45, 7) is 2.27. The van der Waals surface area contributed by atoms with Crippen molar-refractivity contribution in [2.45, 2.75) is 90.4 Å². The highest BCUT2D eigenvalue weighted by Crippen LogP contribution is 2.11. The van der Waals surface area contributed by atoms with Crippen LogP contribution in [0.1, 0.15) is 90.4 Å². The minimum atomic E-state index is 0.687. The van der Waals surface area contributed by atoms with Crippen molar-refractivity contribution in [2.24, 2.45) is 0 Å². The predicted molar refractivity (Wildman–Crippen MR) is 94.2 cm³/mol. The van der Waals surface area contributed by atoms with Crippen molar-refractivity contribution in [3.8, 4) is 0 Å². The summed E-state index contributed by atoms with van der Waals surface area (Å²) in [6, 6.07) is 0. The Morgan fingerprint density at radius 1 is 0.714 bits per heavy atom. The molecule has 0 heterocycles. The summed E-state index contributed by atoms with van der Waals surface area (Å²) in [6.07, 6.45) is 27.0. The number of unbranched alkanes of at least 4 members (excludes halogenated alkanes) is 11. The molecule has 21 heavy (non-hydrogen) atoms. The first-order valence-electron chi connectivity index (χ1n) is 8.92. The maximum absolute atomic E-state index is 9.93. The van der Waals surface area contributed by atoms with Crippen LogP contribution in [0.2, 0.25) is 0 Å². The highest BCUT2D eigenvalue weighted by Gasteiger charge is 1.92. The van der Waals surface area contributed by atoms with Crippen LogP contribution in [-0.2, 0) is 4.79 Å². The summed E-state index contributed by atoms with van der Waals surface area (Å²) in [5, 5.41) is 0. The standard InChI is InChI=1S/C20H34O/c1-2-3-4-5-6-7-8-9-10-11-12-13-14-15-16-17-18-19-20-21/h14-17,19H,2-13,18H2,1H3/b15-14+,17-16+. The van der Waals surface area contributed by atoms with E-state index in [1.807, 2.05) is 12.2 Å². The van der Waals surface area contributed by atoms with Gasteiger partial charge in [0.05, 0.1) is 0 Å². The maximum Gasteiger partial charge on any atom is 0.120 e. The van der Waals surface area contributed by atoms with Crippen LogP contribution < -0.4 is 0 Å². The van der Waals surface area contributed by atoms with E-state index in [-0.39, 0.29) is 0 Å². The average Bonchev–Trinajstić information content (AvgIpc) is 2.50. The molecule has 0 aromatic carbocycles. The summed E-state index contributed by atoms with van der Waals surface area (Å²) in [7, 11) is 0. The van der Waals surface area contributed by atoms with Gasteiger partial charge in [0, 0.05) is 6.08 Å². The van der Waals surface area contributed by atoms with Gasteiger partial charge < -0.3 is 0 Å². The first kappa shape index (κ1) is 19.9. The lowest BCUT2D eigenvalue weighted by Gasteiger charge is -2.01. The molecule has 1 nitrogen and oxygen atoms in total. The molecule has 0 aliphatic carbocycles. The van der Waals surface area contributed by atoms with E-state index in [0.29, 0.717) is 6.42 Å². The van der Waals surface area contributed by atoms with Crippen molar-refractivity contribution < 1.29 is 4.79 Å². The Balaban J connectivity index is 3.13. The normalized spacial score (nSPS) is 11.3. The molecule has 0 fully saturated rings. The Bertz CT molecular complexity index is 295. The average molecular weight is 290 g/mol. The zero-order valence-electron chi connectivity index (χ0n) is 14.0. The number of hydrogen-bond donors (Lipinski definition) is 0. The molecule has 0 saturated carbocycles.